The summed E-state index contributed by atoms with van der Waals surface area (Å²) in [6.45, 7) is 16.0. The highest BCUT2D eigenvalue weighted by atomic mass is 16.6. The second-order valence-electron chi connectivity index (χ2n) is 15.5. The predicted octanol–water partition coefficient (Wildman–Crippen LogP) is 0.126. The van der Waals surface area contributed by atoms with Gasteiger partial charge in [-0.3, -0.25) is 33.6 Å². The lowest BCUT2D eigenvalue weighted by Crippen LogP contribution is -2.51. The summed E-state index contributed by atoms with van der Waals surface area (Å²) in [6.07, 6.45) is -1.30. The SMILES string of the molecule is CC(C)(CNC(=O)CNC(=O)CNC(=O)CNC(=O)CNC(=O)[C@H](CCC(=O)OC(C)(C)C)NC(=O)OC(C)(C)C)COCC(C)(C)CC(=O)O. The molecule has 0 spiro atoms. The number of alkyl carbamates (subject to hydrolysis) is 1. The van der Waals surface area contributed by atoms with Crippen molar-refractivity contribution in [2.24, 2.45) is 10.8 Å². The van der Waals surface area contributed by atoms with Crippen LogP contribution in [0, 0.1) is 10.8 Å². The Balaban J connectivity index is 4.58. The molecule has 292 valence electrons. The van der Waals surface area contributed by atoms with Crippen molar-refractivity contribution >= 4 is 47.6 Å². The molecule has 0 aromatic carbocycles. The van der Waals surface area contributed by atoms with Crippen LogP contribution in [0.5, 0.6) is 0 Å². The number of carboxylic acids is 1. The molecule has 0 aliphatic heterocycles. The molecule has 1 atom stereocenters. The van der Waals surface area contributed by atoms with Gasteiger partial charge in [-0.15, -0.1) is 0 Å². The van der Waals surface area contributed by atoms with Gasteiger partial charge in [0, 0.05) is 18.4 Å². The van der Waals surface area contributed by atoms with Crippen LogP contribution in [-0.4, -0.2) is 116 Å². The minimum Gasteiger partial charge on any atom is -0.481 e. The number of aliphatic carboxylic acids is 1. The summed E-state index contributed by atoms with van der Waals surface area (Å²) in [7, 11) is 0. The molecule has 0 bridgehead atoms. The Labute approximate surface area is 299 Å². The van der Waals surface area contributed by atoms with Gasteiger partial charge in [0.1, 0.15) is 17.2 Å². The fraction of sp³-hybridized carbons (Fsp3) is 0.758. The van der Waals surface area contributed by atoms with E-state index in [0.717, 1.165) is 0 Å². The van der Waals surface area contributed by atoms with Gasteiger partial charge in [0.05, 0.1) is 45.8 Å². The molecular formula is C33H58N6O12. The molecule has 6 amide bonds. The van der Waals surface area contributed by atoms with Gasteiger partial charge in [0.2, 0.25) is 29.5 Å². The number of carboxylic acid groups (broad SMARTS) is 1. The third-order valence-corrected chi connectivity index (χ3v) is 6.21. The second kappa shape index (κ2) is 21.0. The van der Waals surface area contributed by atoms with E-state index in [1.165, 1.54) is 0 Å². The van der Waals surface area contributed by atoms with Crippen molar-refractivity contribution < 1.29 is 57.7 Å². The first-order valence-electron chi connectivity index (χ1n) is 16.5. The summed E-state index contributed by atoms with van der Waals surface area (Å²) in [5.74, 6) is -4.89. The molecule has 0 radical (unpaired) electrons. The van der Waals surface area contributed by atoms with Gasteiger partial charge in [-0.2, -0.15) is 0 Å². The summed E-state index contributed by atoms with van der Waals surface area (Å²) in [4.78, 5) is 96.8. The number of carbonyl (C=O) groups is 8. The Morgan fingerprint density at radius 1 is 0.588 bits per heavy atom. The average Bonchev–Trinajstić information content (AvgIpc) is 2.94. The van der Waals surface area contributed by atoms with Gasteiger partial charge in [0.25, 0.3) is 0 Å². The third kappa shape index (κ3) is 26.1. The first-order valence-corrected chi connectivity index (χ1v) is 16.5. The number of hydrogen-bond donors (Lipinski definition) is 7. The van der Waals surface area contributed by atoms with Crippen LogP contribution in [0.25, 0.3) is 0 Å². The van der Waals surface area contributed by atoms with Crippen LogP contribution in [-0.2, 0) is 47.8 Å². The van der Waals surface area contributed by atoms with E-state index in [2.05, 4.69) is 31.9 Å². The zero-order valence-electron chi connectivity index (χ0n) is 31.6. The highest BCUT2D eigenvalue weighted by Gasteiger charge is 2.28. The first kappa shape index (κ1) is 46.5. The molecule has 0 aliphatic carbocycles. The van der Waals surface area contributed by atoms with Crippen molar-refractivity contribution in [3.63, 3.8) is 0 Å². The van der Waals surface area contributed by atoms with Crippen molar-refractivity contribution in [1.82, 2.24) is 31.9 Å². The third-order valence-electron chi connectivity index (χ3n) is 6.21. The molecule has 0 fully saturated rings. The smallest absolute Gasteiger partial charge is 0.408 e. The maximum Gasteiger partial charge on any atom is 0.408 e. The van der Waals surface area contributed by atoms with Gasteiger partial charge in [0.15, 0.2) is 0 Å². The van der Waals surface area contributed by atoms with Crippen LogP contribution in [0.15, 0.2) is 0 Å². The molecule has 0 rings (SSSR count). The standard InChI is InChI=1S/C33H58N6O12/c1-30(2,3)50-27(46)12-11-21(39-29(48)51-31(4,5)6)28(47)37-17-24(42)35-15-22(40)34-14-23(41)36-16-25(43)38-18-33(9,10)20-49-19-32(7,8)13-26(44)45/h21H,11-20H2,1-10H3,(H,34,40)(H,35,42)(H,36,41)(H,37,47)(H,38,43)(H,39,48)(H,44,45)/t21-/m0/s1. The van der Waals surface area contributed by atoms with Crippen LogP contribution in [0.2, 0.25) is 0 Å². The van der Waals surface area contributed by atoms with E-state index >= 15 is 0 Å². The number of carbonyl (C=O) groups excluding carboxylic acids is 7. The minimum atomic E-state index is -1.24. The van der Waals surface area contributed by atoms with Crippen molar-refractivity contribution in [2.75, 3.05) is 45.9 Å². The van der Waals surface area contributed by atoms with E-state index in [1.54, 1.807) is 55.4 Å². The van der Waals surface area contributed by atoms with Crippen LogP contribution < -0.4 is 31.9 Å². The van der Waals surface area contributed by atoms with Gasteiger partial charge in [-0.05, 0) is 53.4 Å². The highest BCUT2D eigenvalue weighted by molar-refractivity contribution is 5.92. The zero-order valence-corrected chi connectivity index (χ0v) is 31.6. The van der Waals surface area contributed by atoms with E-state index in [1.807, 2.05) is 13.8 Å². The van der Waals surface area contributed by atoms with Crippen molar-refractivity contribution in [3.05, 3.63) is 0 Å². The molecule has 0 saturated carbocycles. The zero-order chi connectivity index (χ0) is 39.6. The van der Waals surface area contributed by atoms with Crippen LogP contribution >= 0.6 is 0 Å². The molecule has 0 heterocycles. The molecule has 0 saturated heterocycles. The molecule has 51 heavy (non-hydrogen) atoms. The Morgan fingerprint density at radius 3 is 1.47 bits per heavy atom. The van der Waals surface area contributed by atoms with Crippen molar-refractivity contribution in [3.8, 4) is 0 Å². The average molecular weight is 731 g/mol. The van der Waals surface area contributed by atoms with Gasteiger partial charge in [-0.25, -0.2) is 4.79 Å². The molecular weight excluding hydrogens is 672 g/mol. The maximum atomic E-state index is 12.8. The Bertz CT molecular complexity index is 1240. The largest absolute Gasteiger partial charge is 0.481 e. The predicted molar refractivity (Wildman–Crippen MR) is 184 cm³/mol. The lowest BCUT2D eigenvalue weighted by molar-refractivity contribution is -0.155. The lowest BCUT2D eigenvalue weighted by atomic mass is 9.90. The fourth-order valence-corrected chi connectivity index (χ4v) is 3.90. The molecule has 7 N–H and O–H groups in total. The summed E-state index contributed by atoms with van der Waals surface area (Å²) in [5.41, 5.74) is -2.63. The summed E-state index contributed by atoms with van der Waals surface area (Å²) in [5, 5.41) is 23.3. The van der Waals surface area contributed by atoms with E-state index < -0.39 is 95.3 Å². The van der Waals surface area contributed by atoms with Crippen LogP contribution in [0.3, 0.4) is 0 Å². The number of esters is 1. The maximum absolute atomic E-state index is 12.8. The number of rotatable bonds is 21. The Kier molecular flexibility index (Phi) is 19.2. The second-order valence-corrected chi connectivity index (χ2v) is 15.5. The van der Waals surface area contributed by atoms with E-state index in [-0.39, 0.29) is 45.6 Å². The summed E-state index contributed by atoms with van der Waals surface area (Å²) < 4.78 is 16.1. The Hall–Kier alpha value is -4.48. The highest BCUT2D eigenvalue weighted by Crippen LogP contribution is 2.22. The quantitative estimate of drug-likeness (QED) is 0.0778. The van der Waals surface area contributed by atoms with Crippen molar-refractivity contribution in [1.29, 1.82) is 0 Å². The van der Waals surface area contributed by atoms with E-state index in [0.29, 0.717) is 0 Å². The van der Waals surface area contributed by atoms with E-state index in [4.69, 9.17) is 19.3 Å². The first-order chi connectivity index (χ1) is 23.2. The number of amides is 6. The molecule has 0 aromatic heterocycles. The molecule has 0 aromatic rings. The summed E-state index contributed by atoms with van der Waals surface area (Å²) in [6, 6.07) is -1.24. The topological polar surface area (TPSA) is 257 Å². The number of ether oxygens (including phenoxy) is 3. The fourth-order valence-electron chi connectivity index (χ4n) is 3.90. The monoisotopic (exact) mass is 730 g/mol. The van der Waals surface area contributed by atoms with E-state index in [9.17, 15) is 38.4 Å². The van der Waals surface area contributed by atoms with Crippen LogP contribution in [0.1, 0.15) is 88.5 Å². The molecule has 18 nitrogen and oxygen atoms in total. The number of nitrogens with one attached hydrogen (secondary N) is 6. The molecule has 18 heteroatoms. The van der Waals surface area contributed by atoms with Crippen molar-refractivity contribution in [2.45, 2.75) is 106 Å². The summed E-state index contributed by atoms with van der Waals surface area (Å²) >= 11 is 0. The molecule has 0 unspecified atom stereocenters. The van der Waals surface area contributed by atoms with Crippen LogP contribution in [0.4, 0.5) is 4.79 Å². The van der Waals surface area contributed by atoms with Gasteiger partial charge >= 0.3 is 18.0 Å². The van der Waals surface area contributed by atoms with Gasteiger partial charge < -0.3 is 51.2 Å². The van der Waals surface area contributed by atoms with Gasteiger partial charge in [-0.1, -0.05) is 27.7 Å². The minimum absolute atomic E-state index is 0.0437. The molecule has 0 aliphatic rings. The lowest BCUT2D eigenvalue weighted by Gasteiger charge is -2.28. The Morgan fingerprint density at radius 2 is 1.02 bits per heavy atom. The normalized spacial score (nSPS) is 12.4. The number of hydrogen-bond acceptors (Lipinski definition) is 11.